The summed E-state index contributed by atoms with van der Waals surface area (Å²) in [4.78, 5) is 11.9. The van der Waals surface area contributed by atoms with Crippen molar-refractivity contribution in [2.24, 2.45) is 17.8 Å². The molecule has 2 fully saturated rings. The van der Waals surface area contributed by atoms with Crippen LogP contribution in [-0.4, -0.2) is 5.78 Å². The van der Waals surface area contributed by atoms with E-state index in [1.54, 1.807) is 6.92 Å². The SMILES string of the molecule is C#CC#CC#CC#CC#CC#CC#CC#CC#CC.CC(=O)C(C1CCCCC1)C1CCCCC1. The summed E-state index contributed by atoms with van der Waals surface area (Å²) < 4.78 is 0. The van der Waals surface area contributed by atoms with Gasteiger partial charge in [0.1, 0.15) is 5.78 Å². The molecule has 1 heteroatoms. The van der Waals surface area contributed by atoms with Crippen molar-refractivity contribution in [1.82, 2.24) is 0 Å². The maximum Gasteiger partial charge on any atom is 0.133 e. The van der Waals surface area contributed by atoms with Crippen LogP contribution in [0.2, 0.25) is 0 Å². The average Bonchev–Trinajstić information content (AvgIpc) is 2.88. The first kappa shape index (κ1) is 28.7. The zero-order chi connectivity index (χ0) is 25.4. The van der Waals surface area contributed by atoms with Crippen LogP contribution in [0.25, 0.3) is 0 Å². The number of Topliss-reactive ketones (excluding diaryl/α,β-unsaturated/α-hetero) is 1. The standard InChI is InChI=1S/C19H4.C15H26O/c1-3-5-7-9-11-13-15-17-19-18-16-14-12-10-8-6-4-2;1-12(16)15(13-8-4-2-5-9-13)14-10-6-3-7-11-14/h1H,2H3;13-15H,2-11H2,1H3. The number of hydrogen-bond acceptors (Lipinski definition) is 1. The Hall–Kier alpha value is -4.29. The topological polar surface area (TPSA) is 17.1 Å². The first-order chi connectivity index (χ1) is 17.2. The summed E-state index contributed by atoms with van der Waals surface area (Å²) in [5.74, 6) is 44.3. The Morgan fingerprint density at radius 3 is 1.17 bits per heavy atom. The Morgan fingerprint density at radius 2 is 0.886 bits per heavy atom. The molecule has 0 unspecified atom stereocenters. The molecule has 0 spiro atoms. The summed E-state index contributed by atoms with van der Waals surface area (Å²) in [7, 11) is 0. The zero-order valence-corrected chi connectivity index (χ0v) is 20.8. The molecule has 0 saturated heterocycles. The molecule has 0 aromatic heterocycles. The lowest BCUT2D eigenvalue weighted by Crippen LogP contribution is -2.32. The van der Waals surface area contributed by atoms with Crippen molar-refractivity contribution in [2.45, 2.75) is 78.1 Å². The number of carbonyl (C=O) groups excluding carboxylic acids is 1. The van der Waals surface area contributed by atoms with E-state index in [0.29, 0.717) is 11.7 Å². The summed E-state index contributed by atoms with van der Waals surface area (Å²) in [5.41, 5.74) is 0. The first-order valence-electron chi connectivity index (χ1n) is 12.1. The lowest BCUT2D eigenvalue weighted by atomic mass is 9.68. The molecular weight excluding hydrogens is 424 g/mol. The Labute approximate surface area is 213 Å². The first-order valence-corrected chi connectivity index (χ1v) is 12.1. The molecule has 172 valence electrons. The zero-order valence-electron chi connectivity index (χ0n) is 20.8. The van der Waals surface area contributed by atoms with Gasteiger partial charge in [-0.05, 0) is 146 Å². The van der Waals surface area contributed by atoms with Gasteiger partial charge in [0.05, 0.1) is 0 Å². The van der Waals surface area contributed by atoms with Gasteiger partial charge in [0.15, 0.2) is 0 Å². The molecule has 2 aliphatic rings. The Morgan fingerprint density at radius 1 is 0.571 bits per heavy atom. The smallest absolute Gasteiger partial charge is 0.133 e. The van der Waals surface area contributed by atoms with Crippen molar-refractivity contribution in [1.29, 1.82) is 0 Å². The monoisotopic (exact) mass is 454 g/mol. The van der Waals surface area contributed by atoms with Gasteiger partial charge in [0.2, 0.25) is 0 Å². The number of hydrogen-bond donors (Lipinski definition) is 0. The molecule has 0 N–H and O–H groups in total. The average molecular weight is 455 g/mol. The van der Waals surface area contributed by atoms with Crippen LogP contribution >= 0.6 is 0 Å². The van der Waals surface area contributed by atoms with Gasteiger partial charge in [0, 0.05) is 5.92 Å². The van der Waals surface area contributed by atoms with Gasteiger partial charge in [-0.3, -0.25) is 4.79 Å². The fourth-order valence-electron chi connectivity index (χ4n) is 4.54. The van der Waals surface area contributed by atoms with Crippen LogP contribution in [-0.2, 0) is 4.79 Å². The van der Waals surface area contributed by atoms with Crippen LogP contribution in [0, 0.1) is 125 Å². The van der Waals surface area contributed by atoms with Crippen LogP contribution in [0.15, 0.2) is 0 Å². The van der Waals surface area contributed by atoms with Crippen LogP contribution in [0.1, 0.15) is 78.1 Å². The Balaban J connectivity index is 0.000000353. The highest BCUT2D eigenvalue weighted by atomic mass is 16.1. The maximum absolute atomic E-state index is 11.9. The second-order valence-electron chi connectivity index (χ2n) is 8.20. The van der Waals surface area contributed by atoms with Gasteiger partial charge in [-0.25, -0.2) is 0 Å². The molecule has 0 amide bonds. The summed E-state index contributed by atoms with van der Waals surface area (Å²) >= 11 is 0. The van der Waals surface area contributed by atoms with Gasteiger partial charge in [-0.2, -0.15) is 0 Å². The normalized spacial score (nSPS) is 13.4. The van der Waals surface area contributed by atoms with E-state index in [4.69, 9.17) is 6.42 Å². The molecule has 2 aliphatic carbocycles. The number of carbonyl (C=O) groups is 1. The minimum absolute atomic E-state index is 0.417. The lowest BCUT2D eigenvalue weighted by Gasteiger charge is -2.36. The molecular formula is C34H30O. The van der Waals surface area contributed by atoms with Crippen molar-refractivity contribution in [3.8, 4) is 107 Å². The molecule has 35 heavy (non-hydrogen) atoms. The van der Waals surface area contributed by atoms with Crippen molar-refractivity contribution in [3.05, 3.63) is 0 Å². The predicted octanol–water partition coefficient (Wildman–Crippen LogP) is 5.02. The molecule has 0 aliphatic heterocycles. The van der Waals surface area contributed by atoms with Gasteiger partial charge in [0.25, 0.3) is 0 Å². The lowest BCUT2D eigenvalue weighted by molar-refractivity contribution is -0.125. The predicted molar refractivity (Wildman–Crippen MR) is 144 cm³/mol. The largest absolute Gasteiger partial charge is 0.300 e. The number of rotatable bonds is 3. The van der Waals surface area contributed by atoms with Gasteiger partial charge in [-0.1, -0.05) is 44.4 Å². The van der Waals surface area contributed by atoms with Crippen molar-refractivity contribution in [2.75, 3.05) is 0 Å². The Kier molecular flexibility index (Phi) is 16.7. The van der Waals surface area contributed by atoms with E-state index in [1.165, 1.54) is 64.2 Å². The van der Waals surface area contributed by atoms with Crippen LogP contribution in [0.3, 0.4) is 0 Å². The van der Waals surface area contributed by atoms with E-state index in [1.807, 2.05) is 6.92 Å². The fourth-order valence-corrected chi connectivity index (χ4v) is 4.54. The van der Waals surface area contributed by atoms with E-state index < -0.39 is 0 Å². The molecule has 0 heterocycles. The maximum atomic E-state index is 11.9. The number of terminal acetylenes is 1. The van der Waals surface area contributed by atoms with E-state index >= 15 is 0 Å². The molecule has 0 aromatic rings. The highest BCUT2D eigenvalue weighted by Gasteiger charge is 2.34. The summed E-state index contributed by atoms with van der Waals surface area (Å²) in [6.07, 6.45) is 18.4. The van der Waals surface area contributed by atoms with Crippen LogP contribution in [0.5, 0.6) is 0 Å². The van der Waals surface area contributed by atoms with Crippen molar-refractivity contribution in [3.63, 3.8) is 0 Å². The molecule has 0 radical (unpaired) electrons. The third kappa shape index (κ3) is 14.5. The molecule has 0 aromatic carbocycles. The second kappa shape index (κ2) is 20.3. The summed E-state index contributed by atoms with van der Waals surface area (Å²) in [6, 6.07) is 0. The molecule has 2 saturated carbocycles. The highest BCUT2D eigenvalue weighted by Crippen LogP contribution is 2.40. The Bertz CT molecular complexity index is 1230. The molecule has 1 nitrogen and oxygen atoms in total. The van der Waals surface area contributed by atoms with Gasteiger partial charge < -0.3 is 0 Å². The number of ketones is 1. The third-order valence-electron chi connectivity index (χ3n) is 5.86. The van der Waals surface area contributed by atoms with Crippen molar-refractivity contribution >= 4 is 5.78 Å². The van der Waals surface area contributed by atoms with E-state index in [0.717, 1.165) is 11.8 Å². The summed E-state index contributed by atoms with van der Waals surface area (Å²) in [5, 5.41) is 0. The second-order valence-corrected chi connectivity index (χ2v) is 8.20. The van der Waals surface area contributed by atoms with Crippen LogP contribution in [0.4, 0.5) is 0 Å². The van der Waals surface area contributed by atoms with Gasteiger partial charge >= 0.3 is 0 Å². The van der Waals surface area contributed by atoms with Gasteiger partial charge in [-0.15, -0.1) is 6.42 Å². The summed E-state index contributed by atoms with van der Waals surface area (Å²) in [6.45, 7) is 3.54. The third-order valence-corrected chi connectivity index (χ3v) is 5.86. The van der Waals surface area contributed by atoms with E-state index in [-0.39, 0.29) is 0 Å². The molecule has 2 rings (SSSR count). The minimum Gasteiger partial charge on any atom is -0.300 e. The molecule has 0 bridgehead atoms. The molecule has 0 atom stereocenters. The van der Waals surface area contributed by atoms with Crippen molar-refractivity contribution < 1.29 is 4.79 Å². The van der Waals surface area contributed by atoms with E-state index in [2.05, 4.69) is 101 Å². The highest BCUT2D eigenvalue weighted by molar-refractivity contribution is 5.79. The fraction of sp³-hybridized carbons (Fsp3) is 0.441. The van der Waals surface area contributed by atoms with Crippen LogP contribution < -0.4 is 0 Å². The quantitative estimate of drug-likeness (QED) is 0.548. The van der Waals surface area contributed by atoms with E-state index in [9.17, 15) is 4.79 Å². The minimum atomic E-state index is 0.417.